The number of anilines is 1. The molecular weight excluding hydrogens is 320 g/mol. The standard InChI is InChI=1S/C19H24N2O4/c1-13(22)21-10-4-5-14(12-21)18(23)20-15-6-7-16-17(11-15)25-19(24-16)8-2-3-9-19/h6-7,11,14H,2-5,8-10,12H2,1H3,(H,20,23)/t14-/m1/s1. The van der Waals surface area contributed by atoms with Crippen molar-refractivity contribution in [3.05, 3.63) is 18.2 Å². The number of carbonyl (C=O) groups is 2. The smallest absolute Gasteiger partial charge is 0.251 e. The third-order valence-electron chi connectivity index (χ3n) is 5.41. The van der Waals surface area contributed by atoms with Crippen LogP contribution in [0.15, 0.2) is 18.2 Å². The van der Waals surface area contributed by atoms with Gasteiger partial charge in [-0.15, -0.1) is 0 Å². The van der Waals surface area contributed by atoms with Crippen molar-refractivity contribution in [2.24, 2.45) is 5.92 Å². The van der Waals surface area contributed by atoms with Crippen molar-refractivity contribution in [3.63, 3.8) is 0 Å². The highest BCUT2D eigenvalue weighted by Crippen LogP contribution is 2.47. The molecule has 6 nitrogen and oxygen atoms in total. The number of fused-ring (bicyclic) bond motifs is 1. The van der Waals surface area contributed by atoms with E-state index in [9.17, 15) is 9.59 Å². The third kappa shape index (κ3) is 3.17. The number of likely N-dealkylation sites (tertiary alicyclic amines) is 1. The molecule has 1 N–H and O–H groups in total. The number of hydrogen-bond acceptors (Lipinski definition) is 4. The Morgan fingerprint density at radius 1 is 1.16 bits per heavy atom. The Morgan fingerprint density at radius 3 is 2.68 bits per heavy atom. The average molecular weight is 344 g/mol. The van der Waals surface area contributed by atoms with E-state index in [4.69, 9.17) is 9.47 Å². The number of amides is 2. The van der Waals surface area contributed by atoms with Crippen LogP contribution in [0, 0.1) is 5.92 Å². The first kappa shape index (κ1) is 16.2. The molecule has 0 bridgehead atoms. The van der Waals surface area contributed by atoms with Gasteiger partial charge >= 0.3 is 0 Å². The van der Waals surface area contributed by atoms with Crippen LogP contribution in [0.25, 0.3) is 0 Å². The van der Waals surface area contributed by atoms with Crippen molar-refractivity contribution in [3.8, 4) is 11.5 Å². The molecule has 0 radical (unpaired) electrons. The molecule has 0 unspecified atom stereocenters. The maximum Gasteiger partial charge on any atom is 0.251 e. The van der Waals surface area contributed by atoms with Gasteiger partial charge in [0.15, 0.2) is 11.5 Å². The molecule has 4 rings (SSSR count). The first-order valence-electron chi connectivity index (χ1n) is 9.13. The number of piperidine rings is 1. The number of rotatable bonds is 2. The van der Waals surface area contributed by atoms with Gasteiger partial charge in [0, 0.05) is 44.6 Å². The topological polar surface area (TPSA) is 67.9 Å². The Bertz CT molecular complexity index is 697. The first-order valence-corrected chi connectivity index (χ1v) is 9.13. The van der Waals surface area contributed by atoms with Crippen LogP contribution in [0.2, 0.25) is 0 Å². The van der Waals surface area contributed by atoms with Crippen molar-refractivity contribution < 1.29 is 19.1 Å². The highest BCUT2D eigenvalue weighted by molar-refractivity contribution is 5.93. The summed E-state index contributed by atoms with van der Waals surface area (Å²) in [5.74, 6) is 0.789. The Balaban J connectivity index is 1.42. The molecule has 6 heteroatoms. The SMILES string of the molecule is CC(=O)N1CCC[C@@H](C(=O)Nc2ccc3c(c2)OC2(CCCC2)O3)C1. The fourth-order valence-corrected chi connectivity index (χ4v) is 4.01. The van der Waals surface area contributed by atoms with Crippen molar-refractivity contribution in [2.45, 2.75) is 51.2 Å². The van der Waals surface area contributed by atoms with Gasteiger partial charge in [-0.05, 0) is 37.8 Å². The molecular formula is C19H24N2O4. The van der Waals surface area contributed by atoms with Gasteiger partial charge in [0.1, 0.15) is 0 Å². The molecule has 2 heterocycles. The van der Waals surface area contributed by atoms with Crippen LogP contribution in [0.3, 0.4) is 0 Å². The van der Waals surface area contributed by atoms with Gasteiger partial charge in [-0.25, -0.2) is 0 Å². The molecule has 2 aliphatic heterocycles. The third-order valence-corrected chi connectivity index (χ3v) is 5.41. The molecule has 3 aliphatic rings. The number of hydrogen-bond donors (Lipinski definition) is 1. The molecule has 2 fully saturated rings. The van der Waals surface area contributed by atoms with E-state index >= 15 is 0 Å². The van der Waals surface area contributed by atoms with E-state index in [-0.39, 0.29) is 17.7 Å². The largest absolute Gasteiger partial charge is 0.448 e. The van der Waals surface area contributed by atoms with Crippen molar-refractivity contribution in [1.82, 2.24) is 4.90 Å². The van der Waals surface area contributed by atoms with E-state index in [2.05, 4.69) is 5.32 Å². The zero-order valence-corrected chi connectivity index (χ0v) is 14.5. The predicted octanol–water partition coefficient (Wildman–Crippen LogP) is 2.93. The van der Waals surface area contributed by atoms with E-state index < -0.39 is 5.79 Å². The van der Waals surface area contributed by atoms with Gasteiger partial charge in [0.25, 0.3) is 5.79 Å². The molecule has 134 valence electrons. The summed E-state index contributed by atoms with van der Waals surface area (Å²) in [5, 5.41) is 2.97. The maximum absolute atomic E-state index is 12.6. The van der Waals surface area contributed by atoms with Crippen LogP contribution in [0.4, 0.5) is 5.69 Å². The summed E-state index contributed by atoms with van der Waals surface area (Å²) in [6.45, 7) is 2.79. The quantitative estimate of drug-likeness (QED) is 0.896. The molecule has 2 amide bonds. The Kier molecular flexibility index (Phi) is 4.06. The second-order valence-electron chi connectivity index (χ2n) is 7.28. The number of carbonyl (C=O) groups excluding carboxylic acids is 2. The van der Waals surface area contributed by atoms with Crippen LogP contribution in [-0.4, -0.2) is 35.6 Å². The molecule has 1 aromatic carbocycles. The molecule has 1 aromatic rings. The summed E-state index contributed by atoms with van der Waals surface area (Å²) in [7, 11) is 0. The minimum Gasteiger partial charge on any atom is -0.448 e. The van der Waals surface area contributed by atoms with E-state index in [1.165, 1.54) is 0 Å². The molecule has 1 saturated heterocycles. The predicted molar refractivity (Wildman–Crippen MR) is 92.5 cm³/mol. The Morgan fingerprint density at radius 2 is 1.92 bits per heavy atom. The van der Waals surface area contributed by atoms with E-state index in [0.717, 1.165) is 50.8 Å². The molecule has 0 aromatic heterocycles. The lowest BCUT2D eigenvalue weighted by molar-refractivity contribution is -0.132. The van der Waals surface area contributed by atoms with Crippen LogP contribution in [-0.2, 0) is 9.59 Å². The van der Waals surface area contributed by atoms with Crippen LogP contribution in [0.1, 0.15) is 45.4 Å². The van der Waals surface area contributed by atoms with E-state index in [1.807, 2.05) is 18.2 Å². The van der Waals surface area contributed by atoms with Crippen LogP contribution in [0.5, 0.6) is 11.5 Å². The number of nitrogens with one attached hydrogen (secondary N) is 1. The summed E-state index contributed by atoms with van der Waals surface area (Å²) < 4.78 is 12.0. The second-order valence-corrected chi connectivity index (χ2v) is 7.28. The molecule has 1 atom stereocenters. The van der Waals surface area contributed by atoms with Crippen LogP contribution >= 0.6 is 0 Å². The summed E-state index contributed by atoms with van der Waals surface area (Å²) in [5.41, 5.74) is 0.711. The van der Waals surface area contributed by atoms with Crippen molar-refractivity contribution in [1.29, 1.82) is 0 Å². The maximum atomic E-state index is 12.6. The van der Waals surface area contributed by atoms with E-state index in [0.29, 0.717) is 18.0 Å². The van der Waals surface area contributed by atoms with E-state index in [1.54, 1.807) is 11.8 Å². The molecule has 1 saturated carbocycles. The highest BCUT2D eigenvalue weighted by Gasteiger charge is 2.44. The van der Waals surface area contributed by atoms with Gasteiger partial charge in [-0.2, -0.15) is 0 Å². The Hall–Kier alpha value is -2.24. The van der Waals surface area contributed by atoms with Gasteiger partial charge < -0.3 is 19.7 Å². The summed E-state index contributed by atoms with van der Waals surface area (Å²) in [6, 6.07) is 5.55. The second kappa shape index (κ2) is 6.24. The summed E-state index contributed by atoms with van der Waals surface area (Å²) >= 11 is 0. The fourth-order valence-electron chi connectivity index (χ4n) is 4.01. The number of ether oxygens (including phenoxy) is 2. The minimum atomic E-state index is -0.490. The molecule has 1 spiro atoms. The highest BCUT2D eigenvalue weighted by atomic mass is 16.7. The lowest BCUT2D eigenvalue weighted by Gasteiger charge is -2.31. The Labute approximate surface area is 147 Å². The van der Waals surface area contributed by atoms with Crippen molar-refractivity contribution >= 4 is 17.5 Å². The zero-order chi connectivity index (χ0) is 17.4. The van der Waals surface area contributed by atoms with Crippen molar-refractivity contribution in [2.75, 3.05) is 18.4 Å². The normalized spacial score (nSPS) is 23.7. The summed E-state index contributed by atoms with van der Waals surface area (Å²) in [6.07, 6.45) is 5.72. The molecule has 25 heavy (non-hydrogen) atoms. The summed E-state index contributed by atoms with van der Waals surface area (Å²) in [4.78, 5) is 25.9. The zero-order valence-electron chi connectivity index (χ0n) is 14.5. The van der Waals surface area contributed by atoms with Gasteiger partial charge in [0.2, 0.25) is 11.8 Å². The number of benzene rings is 1. The number of nitrogens with zero attached hydrogens (tertiary/aromatic N) is 1. The lowest BCUT2D eigenvalue weighted by atomic mass is 9.97. The average Bonchev–Trinajstić information content (AvgIpc) is 3.20. The monoisotopic (exact) mass is 344 g/mol. The fraction of sp³-hybridized carbons (Fsp3) is 0.579. The van der Waals surface area contributed by atoms with Gasteiger partial charge in [-0.3, -0.25) is 9.59 Å². The minimum absolute atomic E-state index is 0.0300. The first-order chi connectivity index (χ1) is 12.0. The van der Waals surface area contributed by atoms with Crippen LogP contribution < -0.4 is 14.8 Å². The molecule has 1 aliphatic carbocycles. The van der Waals surface area contributed by atoms with Gasteiger partial charge in [-0.1, -0.05) is 0 Å². The lowest BCUT2D eigenvalue weighted by Crippen LogP contribution is -2.42. The van der Waals surface area contributed by atoms with Gasteiger partial charge in [0.05, 0.1) is 5.92 Å².